The van der Waals surface area contributed by atoms with Crippen LogP contribution in [0.2, 0.25) is 0 Å². The van der Waals surface area contributed by atoms with Crippen LogP contribution in [0.1, 0.15) is 13.8 Å². The highest BCUT2D eigenvalue weighted by Crippen LogP contribution is 2.10. The van der Waals surface area contributed by atoms with Crippen molar-refractivity contribution >= 4 is 31.2 Å². The predicted octanol–water partition coefficient (Wildman–Crippen LogP) is 0.698. The zero-order valence-corrected chi connectivity index (χ0v) is 7.30. The van der Waals surface area contributed by atoms with E-state index >= 15 is 0 Å². The average molecular weight is 165 g/mol. The van der Waals surface area contributed by atoms with Crippen molar-refractivity contribution in [3.63, 3.8) is 0 Å². The normalized spacial score (nSPS) is 11.1. The first-order chi connectivity index (χ1) is 3.98. The molecule has 0 aromatic heterocycles. The van der Waals surface area contributed by atoms with Crippen molar-refractivity contribution in [2.24, 2.45) is 0 Å². The first kappa shape index (κ1) is 9.17. The van der Waals surface area contributed by atoms with E-state index in [2.05, 4.69) is 30.6 Å². The van der Waals surface area contributed by atoms with Gasteiger partial charge in [-0.15, -0.1) is 0 Å². The number of hydrogen-bond acceptors (Lipinski definition) is 3. The van der Waals surface area contributed by atoms with Crippen molar-refractivity contribution in [1.29, 1.82) is 0 Å². The second kappa shape index (κ2) is 3.37. The summed E-state index contributed by atoms with van der Waals surface area (Å²) in [7, 11) is 0. The van der Waals surface area contributed by atoms with Crippen molar-refractivity contribution in [1.82, 2.24) is 5.32 Å². The third-order valence-corrected chi connectivity index (χ3v) is 1.16. The van der Waals surface area contributed by atoms with Gasteiger partial charge < -0.3 is 5.32 Å². The Kier molecular flexibility index (Phi) is 3.43. The van der Waals surface area contributed by atoms with Gasteiger partial charge in [0.25, 0.3) is 0 Å². The minimum absolute atomic E-state index is 0.0965. The SMILES string of the molecule is CC(C)(S)C(=O)NCS. The molecule has 54 valence electrons. The Labute approximate surface area is 66.2 Å². The maximum absolute atomic E-state index is 10.8. The number of carbonyl (C=O) groups excluding carboxylic acids is 1. The molecular weight excluding hydrogens is 154 g/mol. The molecule has 0 aromatic rings. The Hall–Kier alpha value is 0.170. The third-order valence-electron chi connectivity index (χ3n) is 0.795. The van der Waals surface area contributed by atoms with E-state index in [1.807, 2.05) is 0 Å². The number of carbonyl (C=O) groups is 1. The van der Waals surface area contributed by atoms with Crippen molar-refractivity contribution in [3.8, 4) is 0 Å². The molecule has 2 nitrogen and oxygen atoms in total. The van der Waals surface area contributed by atoms with E-state index in [4.69, 9.17) is 0 Å². The largest absolute Gasteiger partial charge is 0.346 e. The van der Waals surface area contributed by atoms with Crippen LogP contribution in [0.4, 0.5) is 0 Å². The average Bonchev–Trinajstić information content (AvgIpc) is 1.64. The fourth-order valence-corrected chi connectivity index (χ4v) is 0.511. The van der Waals surface area contributed by atoms with Gasteiger partial charge in [0.1, 0.15) is 0 Å². The predicted molar refractivity (Wildman–Crippen MR) is 45.1 cm³/mol. The van der Waals surface area contributed by atoms with Crippen LogP contribution in [0.15, 0.2) is 0 Å². The van der Waals surface area contributed by atoms with E-state index < -0.39 is 4.75 Å². The molecule has 0 aromatic carbocycles. The van der Waals surface area contributed by atoms with Gasteiger partial charge in [-0.3, -0.25) is 4.79 Å². The maximum Gasteiger partial charge on any atom is 0.236 e. The van der Waals surface area contributed by atoms with Crippen LogP contribution in [-0.4, -0.2) is 16.5 Å². The molecule has 9 heavy (non-hydrogen) atoms. The second-order valence-electron chi connectivity index (χ2n) is 2.22. The molecular formula is C5H11NOS2. The molecule has 0 fully saturated rings. The Bertz CT molecular complexity index is 108. The van der Waals surface area contributed by atoms with Gasteiger partial charge in [-0.2, -0.15) is 25.3 Å². The molecule has 1 N–H and O–H groups in total. The van der Waals surface area contributed by atoms with Gasteiger partial charge in [0, 0.05) is 0 Å². The molecule has 0 atom stereocenters. The minimum atomic E-state index is -0.595. The smallest absolute Gasteiger partial charge is 0.236 e. The van der Waals surface area contributed by atoms with Crippen LogP contribution in [0.25, 0.3) is 0 Å². The molecule has 4 heteroatoms. The van der Waals surface area contributed by atoms with Crippen molar-refractivity contribution in [2.75, 3.05) is 5.88 Å². The van der Waals surface area contributed by atoms with Gasteiger partial charge in [0.05, 0.1) is 10.6 Å². The van der Waals surface area contributed by atoms with Crippen LogP contribution in [-0.2, 0) is 4.79 Å². The Morgan fingerprint density at radius 2 is 2.11 bits per heavy atom. The fraction of sp³-hybridized carbons (Fsp3) is 0.800. The van der Waals surface area contributed by atoms with E-state index in [-0.39, 0.29) is 5.91 Å². The van der Waals surface area contributed by atoms with Gasteiger partial charge in [0.2, 0.25) is 5.91 Å². The van der Waals surface area contributed by atoms with Crippen molar-refractivity contribution < 1.29 is 4.79 Å². The first-order valence-corrected chi connectivity index (χ1v) is 3.68. The topological polar surface area (TPSA) is 29.1 Å². The minimum Gasteiger partial charge on any atom is -0.346 e. The molecule has 0 aliphatic heterocycles. The molecule has 0 unspecified atom stereocenters. The first-order valence-electron chi connectivity index (χ1n) is 2.60. The molecule has 1 amide bonds. The summed E-state index contributed by atoms with van der Waals surface area (Å²) in [5.41, 5.74) is 0. The Balaban J connectivity index is 3.74. The standard InChI is InChI=1S/C5H11NOS2/c1-5(2,9)4(7)6-3-8/h8-9H,3H2,1-2H3,(H,6,7). The van der Waals surface area contributed by atoms with Crippen LogP contribution in [0.5, 0.6) is 0 Å². The molecule has 0 saturated carbocycles. The molecule has 0 radical (unpaired) electrons. The molecule has 0 spiro atoms. The van der Waals surface area contributed by atoms with E-state index in [1.54, 1.807) is 13.8 Å². The van der Waals surface area contributed by atoms with Gasteiger partial charge in [-0.05, 0) is 13.8 Å². The van der Waals surface area contributed by atoms with Crippen LogP contribution >= 0.6 is 25.3 Å². The Morgan fingerprint density at radius 1 is 1.67 bits per heavy atom. The Morgan fingerprint density at radius 3 is 2.22 bits per heavy atom. The number of thiol groups is 2. The molecule has 0 aliphatic rings. The lowest BCUT2D eigenvalue weighted by molar-refractivity contribution is -0.122. The quantitative estimate of drug-likeness (QED) is 0.408. The summed E-state index contributed by atoms with van der Waals surface area (Å²) in [6, 6.07) is 0. The number of nitrogens with one attached hydrogen (secondary N) is 1. The van der Waals surface area contributed by atoms with Gasteiger partial charge in [0.15, 0.2) is 0 Å². The summed E-state index contributed by atoms with van der Waals surface area (Å²) in [5.74, 6) is 0.267. The summed E-state index contributed by atoms with van der Waals surface area (Å²) >= 11 is 7.86. The highest BCUT2D eigenvalue weighted by molar-refractivity contribution is 7.82. The molecule has 0 bridgehead atoms. The van der Waals surface area contributed by atoms with Crippen LogP contribution in [0.3, 0.4) is 0 Å². The lowest BCUT2D eigenvalue weighted by atomic mass is 10.2. The van der Waals surface area contributed by atoms with Crippen LogP contribution < -0.4 is 5.32 Å². The highest BCUT2D eigenvalue weighted by Gasteiger charge is 2.20. The highest BCUT2D eigenvalue weighted by atomic mass is 32.1. The lowest BCUT2D eigenvalue weighted by Crippen LogP contribution is -2.37. The number of hydrogen-bond donors (Lipinski definition) is 3. The summed E-state index contributed by atoms with van der Waals surface area (Å²) in [5, 5.41) is 2.53. The van der Waals surface area contributed by atoms with E-state index in [9.17, 15) is 4.79 Å². The van der Waals surface area contributed by atoms with E-state index in [0.29, 0.717) is 5.88 Å². The maximum atomic E-state index is 10.8. The van der Waals surface area contributed by atoms with Gasteiger partial charge in [-0.1, -0.05) is 0 Å². The lowest BCUT2D eigenvalue weighted by Gasteiger charge is -2.14. The monoisotopic (exact) mass is 165 g/mol. The zero-order valence-electron chi connectivity index (χ0n) is 5.51. The van der Waals surface area contributed by atoms with Gasteiger partial charge >= 0.3 is 0 Å². The number of amides is 1. The molecule has 0 heterocycles. The van der Waals surface area contributed by atoms with E-state index in [0.717, 1.165) is 0 Å². The van der Waals surface area contributed by atoms with Crippen molar-refractivity contribution in [3.05, 3.63) is 0 Å². The van der Waals surface area contributed by atoms with Gasteiger partial charge in [-0.25, -0.2) is 0 Å². The van der Waals surface area contributed by atoms with Crippen molar-refractivity contribution in [2.45, 2.75) is 18.6 Å². The summed E-state index contributed by atoms with van der Waals surface area (Å²) in [6.07, 6.45) is 0. The fourth-order valence-electron chi connectivity index (χ4n) is 0.288. The molecule has 0 aliphatic carbocycles. The zero-order chi connectivity index (χ0) is 7.49. The van der Waals surface area contributed by atoms with E-state index in [1.165, 1.54) is 0 Å². The molecule has 0 rings (SSSR count). The molecule has 0 saturated heterocycles. The second-order valence-corrected chi connectivity index (χ2v) is 3.66. The summed E-state index contributed by atoms with van der Waals surface area (Å²) in [6.45, 7) is 3.46. The summed E-state index contributed by atoms with van der Waals surface area (Å²) < 4.78 is -0.595. The van der Waals surface area contributed by atoms with Crippen LogP contribution in [0, 0.1) is 0 Å². The third kappa shape index (κ3) is 3.70. The summed E-state index contributed by atoms with van der Waals surface area (Å²) in [4.78, 5) is 10.8. The number of rotatable bonds is 2.